The SMILES string of the molecule is O=C(O)C1C=CC2=C(N=CC3=CCCc4ccn2c43)C1C1CCN(C(=O)OCC(Cl)(Cl)Cl)CC1. The van der Waals surface area contributed by atoms with E-state index in [1.165, 1.54) is 5.56 Å². The van der Waals surface area contributed by atoms with Crippen LogP contribution in [0.3, 0.4) is 0 Å². The van der Waals surface area contributed by atoms with E-state index >= 15 is 0 Å². The largest absolute Gasteiger partial charge is 0.481 e. The van der Waals surface area contributed by atoms with Crippen molar-refractivity contribution in [2.75, 3.05) is 19.7 Å². The fraction of sp³-hybridized carbons (Fsp3) is 0.458. The number of nitrogens with zero attached hydrogens (tertiary/aromatic N) is 3. The van der Waals surface area contributed by atoms with Gasteiger partial charge in [-0.3, -0.25) is 9.79 Å². The second-order valence-electron chi connectivity index (χ2n) is 9.03. The highest BCUT2D eigenvalue weighted by Crippen LogP contribution is 2.44. The van der Waals surface area contributed by atoms with Crippen molar-refractivity contribution in [1.29, 1.82) is 0 Å². The highest BCUT2D eigenvalue weighted by Gasteiger charge is 2.42. The monoisotopic (exact) mass is 523 g/mol. The Kier molecular flexibility index (Phi) is 6.29. The number of amides is 1. The first-order chi connectivity index (χ1) is 16.2. The predicted molar refractivity (Wildman–Crippen MR) is 132 cm³/mol. The number of piperidine rings is 1. The maximum Gasteiger partial charge on any atom is 0.409 e. The molecule has 3 heterocycles. The minimum atomic E-state index is -1.66. The summed E-state index contributed by atoms with van der Waals surface area (Å²) >= 11 is 17.0. The summed E-state index contributed by atoms with van der Waals surface area (Å²) in [4.78, 5) is 31.0. The number of halogens is 3. The molecule has 10 heteroatoms. The van der Waals surface area contributed by atoms with E-state index in [-0.39, 0.29) is 18.4 Å². The molecule has 0 saturated carbocycles. The summed E-state index contributed by atoms with van der Waals surface area (Å²) in [5, 5.41) is 10.0. The highest BCUT2D eigenvalue weighted by molar-refractivity contribution is 6.67. The number of likely N-dealkylation sites (tertiary alicyclic amines) is 1. The van der Waals surface area contributed by atoms with Gasteiger partial charge in [0.25, 0.3) is 0 Å². The number of alkyl halides is 3. The van der Waals surface area contributed by atoms with Crippen molar-refractivity contribution < 1.29 is 19.4 Å². The summed E-state index contributed by atoms with van der Waals surface area (Å²) in [5.41, 5.74) is 5.22. The van der Waals surface area contributed by atoms with Crippen LogP contribution in [0.4, 0.5) is 4.79 Å². The van der Waals surface area contributed by atoms with E-state index in [4.69, 9.17) is 44.5 Å². The number of aromatic nitrogens is 1. The molecule has 1 aromatic rings. The second kappa shape index (κ2) is 9.10. The number of allylic oxidation sites excluding steroid dienone is 5. The number of fused-ring (bicyclic) bond motifs is 1. The molecule has 34 heavy (non-hydrogen) atoms. The standard InChI is InChI=1S/C24H24Cl3N3O4/c25-24(26,27)13-34-23(33)29-9-6-14(7-10-29)19-17(22(31)32)4-5-18-20(19)28-12-16-3-1-2-15-8-11-30(18)21(15)16/h3-5,8,11-12,14,17,19H,1-2,6-7,9-10,13H2,(H,31,32). The van der Waals surface area contributed by atoms with Gasteiger partial charge in [-0.2, -0.15) is 0 Å². The number of carboxylic acids is 1. The highest BCUT2D eigenvalue weighted by atomic mass is 35.6. The number of aryl methyl sites for hydroxylation is 1. The number of carbonyl (C=O) groups excluding carboxylic acids is 1. The molecule has 2 aliphatic carbocycles. The average Bonchev–Trinajstić information content (AvgIpc) is 3.17. The molecule has 1 saturated heterocycles. The molecular weight excluding hydrogens is 501 g/mol. The maximum atomic E-state index is 12.4. The van der Waals surface area contributed by atoms with Gasteiger partial charge in [0.05, 0.1) is 23.0 Å². The zero-order valence-corrected chi connectivity index (χ0v) is 20.6. The van der Waals surface area contributed by atoms with E-state index < -0.39 is 21.8 Å². The number of ether oxygens (including phenoxy) is 1. The van der Waals surface area contributed by atoms with Gasteiger partial charge in [0.1, 0.15) is 6.61 Å². The van der Waals surface area contributed by atoms with Crippen LogP contribution < -0.4 is 0 Å². The Morgan fingerprint density at radius 2 is 2.00 bits per heavy atom. The Morgan fingerprint density at radius 1 is 1.24 bits per heavy atom. The van der Waals surface area contributed by atoms with Gasteiger partial charge in [-0.25, -0.2) is 4.79 Å². The van der Waals surface area contributed by atoms with Crippen LogP contribution in [0.2, 0.25) is 0 Å². The predicted octanol–water partition coefficient (Wildman–Crippen LogP) is 5.18. The first-order valence-corrected chi connectivity index (χ1v) is 12.4. The van der Waals surface area contributed by atoms with Crippen molar-refractivity contribution >= 4 is 64.4 Å². The molecule has 0 aromatic carbocycles. The van der Waals surface area contributed by atoms with Gasteiger partial charge in [-0.05, 0) is 49.3 Å². The Balaban J connectivity index is 1.41. The zero-order chi connectivity index (χ0) is 24.0. The molecule has 2 aliphatic heterocycles. The van der Waals surface area contributed by atoms with Crippen molar-refractivity contribution in [3.8, 4) is 0 Å². The fourth-order valence-corrected chi connectivity index (χ4v) is 5.62. The molecule has 0 radical (unpaired) electrons. The van der Waals surface area contributed by atoms with Gasteiger partial charge in [0.15, 0.2) is 0 Å². The van der Waals surface area contributed by atoms with Crippen LogP contribution in [0.5, 0.6) is 0 Å². The van der Waals surface area contributed by atoms with Crippen molar-refractivity contribution in [3.63, 3.8) is 0 Å². The van der Waals surface area contributed by atoms with Crippen LogP contribution in [-0.2, 0) is 16.0 Å². The molecule has 1 aromatic heterocycles. The lowest BCUT2D eigenvalue weighted by molar-refractivity contribution is -0.142. The van der Waals surface area contributed by atoms with Crippen LogP contribution in [0.15, 0.2) is 41.2 Å². The topological polar surface area (TPSA) is 84.1 Å². The second-order valence-corrected chi connectivity index (χ2v) is 11.5. The minimum Gasteiger partial charge on any atom is -0.481 e. The quantitative estimate of drug-likeness (QED) is 0.553. The lowest BCUT2D eigenvalue weighted by atomic mass is 9.72. The molecule has 2 unspecified atom stereocenters. The molecule has 2 atom stereocenters. The third-order valence-corrected chi connectivity index (χ3v) is 7.33. The zero-order valence-electron chi connectivity index (χ0n) is 18.3. The third kappa shape index (κ3) is 4.41. The minimum absolute atomic E-state index is 0.0413. The van der Waals surface area contributed by atoms with E-state index in [2.05, 4.69) is 22.9 Å². The van der Waals surface area contributed by atoms with Gasteiger partial charge in [0, 0.05) is 37.0 Å². The van der Waals surface area contributed by atoms with E-state index in [0.29, 0.717) is 25.9 Å². The Hall–Kier alpha value is -2.22. The van der Waals surface area contributed by atoms with Crippen LogP contribution >= 0.6 is 34.8 Å². The van der Waals surface area contributed by atoms with Gasteiger partial charge < -0.3 is 19.3 Å². The Morgan fingerprint density at radius 3 is 2.71 bits per heavy atom. The lowest BCUT2D eigenvalue weighted by Gasteiger charge is -2.39. The molecular formula is C24H24Cl3N3O4. The summed E-state index contributed by atoms with van der Waals surface area (Å²) in [5.74, 6) is -1.81. The fourth-order valence-electron chi connectivity index (χ4n) is 5.46. The van der Waals surface area contributed by atoms with Gasteiger partial charge >= 0.3 is 12.1 Å². The summed E-state index contributed by atoms with van der Waals surface area (Å²) in [7, 11) is 0. The molecule has 1 N–H and O–H groups in total. The Bertz CT molecular complexity index is 1140. The van der Waals surface area contributed by atoms with E-state index in [1.54, 1.807) is 11.0 Å². The molecule has 1 fully saturated rings. The molecule has 180 valence electrons. The van der Waals surface area contributed by atoms with Crippen molar-refractivity contribution in [2.24, 2.45) is 22.7 Å². The molecule has 1 amide bonds. The third-order valence-electron chi connectivity index (χ3n) is 7.00. The number of rotatable bonds is 3. The first kappa shape index (κ1) is 23.5. The molecule has 7 nitrogen and oxygen atoms in total. The number of carboxylic acid groups (broad SMARTS) is 1. The number of hydrogen-bond donors (Lipinski definition) is 1. The van der Waals surface area contributed by atoms with E-state index in [9.17, 15) is 14.7 Å². The normalized spacial score (nSPS) is 24.3. The first-order valence-electron chi connectivity index (χ1n) is 11.3. The lowest BCUT2D eigenvalue weighted by Crippen LogP contribution is -2.43. The van der Waals surface area contributed by atoms with Crippen LogP contribution in [0.25, 0.3) is 11.3 Å². The van der Waals surface area contributed by atoms with Crippen molar-refractivity contribution in [2.45, 2.75) is 29.5 Å². The van der Waals surface area contributed by atoms with Gasteiger partial charge in [0.2, 0.25) is 3.79 Å². The molecule has 0 spiro atoms. The molecule has 4 aliphatic rings. The van der Waals surface area contributed by atoms with Crippen molar-refractivity contribution in [3.05, 3.63) is 47.4 Å². The van der Waals surface area contributed by atoms with Crippen LogP contribution in [0.1, 0.15) is 30.5 Å². The summed E-state index contributed by atoms with van der Waals surface area (Å²) in [6, 6.07) is 2.14. The Labute approximate surface area is 212 Å². The van der Waals surface area contributed by atoms with Crippen molar-refractivity contribution in [1.82, 2.24) is 9.47 Å². The summed E-state index contributed by atoms with van der Waals surface area (Å²) in [6.45, 7) is 0.547. The number of aliphatic imine (C=N–C) groups is 1. The van der Waals surface area contributed by atoms with E-state index in [1.807, 2.05) is 12.3 Å². The van der Waals surface area contributed by atoms with Crippen LogP contribution in [0, 0.1) is 17.8 Å². The number of hydrogen-bond acceptors (Lipinski definition) is 4. The van der Waals surface area contributed by atoms with Crippen LogP contribution in [-0.4, -0.2) is 56.3 Å². The van der Waals surface area contributed by atoms with Gasteiger partial charge in [-0.15, -0.1) is 0 Å². The molecule has 5 rings (SSSR count). The van der Waals surface area contributed by atoms with E-state index in [0.717, 1.165) is 35.5 Å². The number of aliphatic carboxylic acids is 1. The average molecular weight is 525 g/mol. The van der Waals surface area contributed by atoms with Gasteiger partial charge in [-0.1, -0.05) is 47.0 Å². The molecule has 0 bridgehead atoms. The smallest absolute Gasteiger partial charge is 0.409 e. The maximum absolute atomic E-state index is 12.4. The summed E-state index contributed by atoms with van der Waals surface area (Å²) < 4.78 is 5.59. The summed E-state index contributed by atoms with van der Waals surface area (Å²) in [6.07, 6.45) is 12.5. The number of carbonyl (C=O) groups is 2.